The highest BCUT2D eigenvalue weighted by Gasteiger charge is 2.31. The molecule has 2 aromatic heterocycles. The molecule has 0 aliphatic heterocycles. The Labute approximate surface area is 149 Å². The van der Waals surface area contributed by atoms with Crippen LogP contribution in [0.2, 0.25) is 0 Å². The van der Waals surface area contributed by atoms with Crippen LogP contribution < -0.4 is 11.5 Å². The van der Waals surface area contributed by atoms with E-state index in [1.807, 2.05) is 6.92 Å². The van der Waals surface area contributed by atoms with E-state index in [9.17, 15) is 4.79 Å². The van der Waals surface area contributed by atoms with Gasteiger partial charge in [-0.15, -0.1) is 12.3 Å². The SMILES string of the molecule is C#CCC(C)(c1ccc(C(=O)O)cc1)c1cnc2nc(N)nc(N)c2n1. The summed E-state index contributed by atoms with van der Waals surface area (Å²) in [6, 6.07) is 6.49. The largest absolute Gasteiger partial charge is 0.478 e. The number of aromatic nitrogens is 4. The van der Waals surface area contributed by atoms with Crippen LogP contribution in [0.1, 0.15) is 35.0 Å². The van der Waals surface area contributed by atoms with Crippen molar-refractivity contribution in [2.24, 2.45) is 0 Å². The maximum atomic E-state index is 11.1. The summed E-state index contributed by atoms with van der Waals surface area (Å²) in [5, 5.41) is 9.08. The lowest BCUT2D eigenvalue weighted by atomic mass is 9.77. The number of carboxylic acid groups (broad SMARTS) is 1. The molecule has 1 atom stereocenters. The Morgan fingerprint density at radius 3 is 2.54 bits per heavy atom. The van der Waals surface area contributed by atoms with Gasteiger partial charge in [-0.25, -0.2) is 14.8 Å². The van der Waals surface area contributed by atoms with E-state index in [2.05, 4.69) is 25.9 Å². The van der Waals surface area contributed by atoms with E-state index >= 15 is 0 Å². The third-order valence-corrected chi connectivity index (χ3v) is 4.24. The summed E-state index contributed by atoms with van der Waals surface area (Å²) in [5.41, 5.74) is 13.0. The molecule has 3 aromatic rings. The average molecular weight is 348 g/mol. The zero-order valence-corrected chi connectivity index (χ0v) is 14.0. The van der Waals surface area contributed by atoms with Gasteiger partial charge >= 0.3 is 5.97 Å². The smallest absolute Gasteiger partial charge is 0.335 e. The van der Waals surface area contributed by atoms with E-state index in [0.29, 0.717) is 23.3 Å². The monoisotopic (exact) mass is 348 g/mol. The molecular formula is C18H16N6O2. The van der Waals surface area contributed by atoms with Crippen LogP contribution in [0.25, 0.3) is 11.2 Å². The summed E-state index contributed by atoms with van der Waals surface area (Å²) in [7, 11) is 0. The summed E-state index contributed by atoms with van der Waals surface area (Å²) in [6.45, 7) is 1.91. The first-order valence-electron chi connectivity index (χ1n) is 7.68. The van der Waals surface area contributed by atoms with Crippen molar-refractivity contribution in [3.8, 4) is 12.3 Å². The van der Waals surface area contributed by atoms with Gasteiger partial charge in [-0.3, -0.25) is 0 Å². The number of hydrogen-bond donors (Lipinski definition) is 3. The van der Waals surface area contributed by atoms with Gasteiger partial charge in [0.1, 0.15) is 0 Å². The van der Waals surface area contributed by atoms with Gasteiger partial charge in [0.15, 0.2) is 17.0 Å². The first-order valence-corrected chi connectivity index (χ1v) is 7.68. The number of benzene rings is 1. The molecule has 0 radical (unpaired) electrons. The van der Waals surface area contributed by atoms with E-state index < -0.39 is 11.4 Å². The Morgan fingerprint density at radius 1 is 1.23 bits per heavy atom. The van der Waals surface area contributed by atoms with E-state index in [1.165, 1.54) is 12.1 Å². The molecule has 2 heterocycles. The molecular weight excluding hydrogens is 332 g/mol. The summed E-state index contributed by atoms with van der Waals surface area (Å²) in [6.07, 6.45) is 7.47. The van der Waals surface area contributed by atoms with E-state index in [-0.39, 0.29) is 17.3 Å². The Morgan fingerprint density at radius 2 is 1.92 bits per heavy atom. The molecule has 3 rings (SSSR count). The van der Waals surface area contributed by atoms with Crippen LogP contribution in [0.3, 0.4) is 0 Å². The molecule has 130 valence electrons. The van der Waals surface area contributed by atoms with Crippen molar-refractivity contribution in [3.63, 3.8) is 0 Å². The van der Waals surface area contributed by atoms with Gasteiger partial charge in [0.25, 0.3) is 0 Å². The Balaban J connectivity index is 2.16. The number of hydrogen-bond acceptors (Lipinski definition) is 7. The molecule has 1 unspecified atom stereocenters. The van der Waals surface area contributed by atoms with Crippen molar-refractivity contribution in [3.05, 3.63) is 47.3 Å². The minimum atomic E-state index is -0.997. The number of nitrogen functional groups attached to an aromatic ring is 2. The third kappa shape index (κ3) is 2.86. The summed E-state index contributed by atoms with van der Waals surface area (Å²) >= 11 is 0. The van der Waals surface area contributed by atoms with Crippen molar-refractivity contribution in [1.82, 2.24) is 19.9 Å². The molecule has 0 saturated heterocycles. The number of nitrogens with zero attached hydrogens (tertiary/aromatic N) is 4. The second-order valence-corrected chi connectivity index (χ2v) is 5.99. The topological polar surface area (TPSA) is 141 Å². The first-order chi connectivity index (χ1) is 12.3. The van der Waals surface area contributed by atoms with Crippen molar-refractivity contribution < 1.29 is 9.90 Å². The lowest BCUT2D eigenvalue weighted by molar-refractivity contribution is 0.0697. The lowest BCUT2D eigenvalue weighted by Crippen LogP contribution is -2.25. The second-order valence-electron chi connectivity index (χ2n) is 5.99. The third-order valence-electron chi connectivity index (χ3n) is 4.24. The molecule has 1 aromatic carbocycles. The molecule has 5 N–H and O–H groups in total. The fourth-order valence-electron chi connectivity index (χ4n) is 2.74. The number of carboxylic acids is 1. The Kier molecular flexibility index (Phi) is 4.14. The standard InChI is InChI=1S/C18H16N6O2/c1-3-8-18(2,11-6-4-10(5-7-11)16(25)26)12-9-21-15-13(22-12)14(19)23-17(20)24-15/h1,4-7,9H,8H2,2H3,(H,25,26)(H4,19,20,21,23,24). The number of fused-ring (bicyclic) bond motifs is 1. The summed E-state index contributed by atoms with van der Waals surface area (Å²) in [4.78, 5) is 27.9. The van der Waals surface area contributed by atoms with E-state index in [0.717, 1.165) is 5.56 Å². The van der Waals surface area contributed by atoms with Crippen LogP contribution in [-0.2, 0) is 5.41 Å². The van der Waals surface area contributed by atoms with Gasteiger partial charge in [-0.1, -0.05) is 12.1 Å². The summed E-state index contributed by atoms with van der Waals surface area (Å²) in [5.74, 6) is 1.80. The molecule has 0 saturated carbocycles. The van der Waals surface area contributed by atoms with Crippen LogP contribution in [-0.4, -0.2) is 31.0 Å². The molecule has 0 spiro atoms. The van der Waals surface area contributed by atoms with E-state index in [1.54, 1.807) is 18.3 Å². The normalized spacial score (nSPS) is 13.1. The highest BCUT2D eigenvalue weighted by atomic mass is 16.4. The predicted octanol–water partition coefficient (Wildman–Crippen LogP) is 1.61. The van der Waals surface area contributed by atoms with Gasteiger partial charge < -0.3 is 16.6 Å². The maximum absolute atomic E-state index is 11.1. The van der Waals surface area contributed by atoms with Crippen molar-refractivity contribution in [2.45, 2.75) is 18.8 Å². The minimum absolute atomic E-state index is 0.0210. The Hall–Kier alpha value is -3.73. The van der Waals surface area contributed by atoms with Gasteiger partial charge in [0, 0.05) is 11.8 Å². The maximum Gasteiger partial charge on any atom is 0.335 e. The molecule has 0 aliphatic rings. The molecule has 0 fully saturated rings. The van der Waals surface area contributed by atoms with E-state index in [4.69, 9.17) is 23.0 Å². The van der Waals surface area contributed by atoms with Gasteiger partial charge in [0.2, 0.25) is 5.95 Å². The quantitative estimate of drug-likeness (QED) is 0.604. The fourth-order valence-corrected chi connectivity index (χ4v) is 2.74. The molecule has 0 aliphatic carbocycles. The number of nitrogens with two attached hydrogens (primary N) is 2. The second kappa shape index (κ2) is 6.29. The minimum Gasteiger partial charge on any atom is -0.478 e. The highest BCUT2D eigenvalue weighted by molar-refractivity contribution is 5.87. The van der Waals surface area contributed by atoms with Gasteiger partial charge in [-0.05, 0) is 24.6 Å². The van der Waals surface area contributed by atoms with Gasteiger partial charge in [-0.2, -0.15) is 9.97 Å². The van der Waals surface area contributed by atoms with Crippen molar-refractivity contribution >= 4 is 28.9 Å². The molecule has 26 heavy (non-hydrogen) atoms. The lowest BCUT2D eigenvalue weighted by Gasteiger charge is -2.27. The van der Waals surface area contributed by atoms with Crippen LogP contribution >= 0.6 is 0 Å². The first kappa shape index (κ1) is 17.1. The average Bonchev–Trinajstić information content (AvgIpc) is 2.61. The van der Waals surface area contributed by atoms with Crippen LogP contribution in [0, 0.1) is 12.3 Å². The molecule has 0 bridgehead atoms. The number of terminal acetylenes is 1. The van der Waals surface area contributed by atoms with Crippen molar-refractivity contribution in [1.29, 1.82) is 0 Å². The van der Waals surface area contributed by atoms with Crippen LogP contribution in [0.15, 0.2) is 30.5 Å². The van der Waals surface area contributed by atoms with Crippen molar-refractivity contribution in [2.75, 3.05) is 11.5 Å². The van der Waals surface area contributed by atoms with Crippen LogP contribution in [0.4, 0.5) is 11.8 Å². The highest BCUT2D eigenvalue weighted by Crippen LogP contribution is 2.34. The Bertz CT molecular complexity index is 1040. The summed E-state index contributed by atoms with van der Waals surface area (Å²) < 4.78 is 0. The zero-order valence-electron chi connectivity index (χ0n) is 14.0. The number of anilines is 2. The number of rotatable bonds is 4. The zero-order chi connectivity index (χ0) is 18.9. The predicted molar refractivity (Wildman–Crippen MR) is 97.3 cm³/mol. The van der Waals surface area contributed by atoms with Gasteiger partial charge in [0.05, 0.1) is 17.5 Å². The molecule has 8 heteroatoms. The molecule has 8 nitrogen and oxygen atoms in total. The fraction of sp³-hybridized carbons (Fsp3) is 0.167. The number of carbonyl (C=O) groups is 1. The number of aromatic carboxylic acids is 1. The molecule has 0 amide bonds. The van der Waals surface area contributed by atoms with Crippen LogP contribution in [0.5, 0.6) is 0 Å².